The van der Waals surface area contributed by atoms with E-state index in [1.165, 1.54) is 57.9 Å². The molecule has 106 valence electrons. The van der Waals surface area contributed by atoms with Crippen LogP contribution < -0.4 is 5.73 Å². The molecule has 1 heterocycles. The van der Waals surface area contributed by atoms with Crippen LogP contribution in [-0.4, -0.2) is 29.6 Å². The van der Waals surface area contributed by atoms with Crippen LogP contribution in [0.5, 0.6) is 0 Å². The lowest BCUT2D eigenvalue weighted by Crippen LogP contribution is -2.67. The topological polar surface area (TPSA) is 29.3 Å². The van der Waals surface area contributed by atoms with Crippen LogP contribution >= 0.6 is 0 Å². The molecule has 2 atom stereocenters. The molecule has 0 aromatic carbocycles. The highest BCUT2D eigenvalue weighted by atomic mass is 15.3. The Morgan fingerprint density at radius 2 is 1.83 bits per heavy atom. The van der Waals surface area contributed by atoms with E-state index in [9.17, 15) is 0 Å². The minimum absolute atomic E-state index is 0.270. The highest BCUT2D eigenvalue weighted by molar-refractivity contribution is 5.07. The van der Waals surface area contributed by atoms with Gasteiger partial charge in [0.1, 0.15) is 0 Å². The summed E-state index contributed by atoms with van der Waals surface area (Å²) < 4.78 is 0. The molecule has 2 unspecified atom stereocenters. The summed E-state index contributed by atoms with van der Waals surface area (Å²) in [5.41, 5.74) is 6.97. The lowest BCUT2D eigenvalue weighted by molar-refractivity contribution is -0.0807. The fraction of sp³-hybridized carbons (Fsp3) is 1.00. The minimum Gasteiger partial charge on any atom is -0.329 e. The molecule has 1 saturated carbocycles. The molecule has 0 amide bonds. The second kappa shape index (κ2) is 5.50. The summed E-state index contributed by atoms with van der Waals surface area (Å²) in [5.74, 6) is 0. The van der Waals surface area contributed by atoms with E-state index in [0.717, 1.165) is 12.6 Å². The van der Waals surface area contributed by atoms with E-state index in [-0.39, 0.29) is 5.54 Å². The van der Waals surface area contributed by atoms with Crippen molar-refractivity contribution >= 4 is 0 Å². The zero-order valence-electron chi connectivity index (χ0n) is 12.7. The number of rotatable bonds is 3. The van der Waals surface area contributed by atoms with Crippen LogP contribution in [0.4, 0.5) is 0 Å². The highest BCUT2D eigenvalue weighted by Gasteiger charge is 2.51. The number of piperidine rings is 1. The van der Waals surface area contributed by atoms with E-state index in [1.807, 2.05) is 0 Å². The molecule has 18 heavy (non-hydrogen) atoms. The maximum Gasteiger partial charge on any atom is 0.0385 e. The summed E-state index contributed by atoms with van der Waals surface area (Å²) in [4.78, 5) is 2.83. The van der Waals surface area contributed by atoms with E-state index in [4.69, 9.17) is 5.73 Å². The molecule has 0 spiro atoms. The van der Waals surface area contributed by atoms with Gasteiger partial charge in [-0.3, -0.25) is 4.90 Å². The third-order valence-corrected chi connectivity index (χ3v) is 5.89. The molecule has 2 rings (SSSR count). The molecule has 1 aliphatic heterocycles. The second-order valence-corrected chi connectivity index (χ2v) is 7.08. The van der Waals surface area contributed by atoms with Crippen molar-refractivity contribution in [2.45, 2.75) is 83.7 Å². The molecule has 0 bridgehead atoms. The first-order valence-corrected chi connectivity index (χ1v) is 8.04. The van der Waals surface area contributed by atoms with Crippen molar-refractivity contribution in [1.29, 1.82) is 0 Å². The molecule has 1 aliphatic carbocycles. The van der Waals surface area contributed by atoms with Gasteiger partial charge >= 0.3 is 0 Å². The standard InChI is InChI=1S/C16H32N2/c1-4-14-9-5-8-12-18(14)16(13-17)11-7-6-10-15(16,2)3/h14H,4-13,17H2,1-3H3. The Kier molecular flexibility index (Phi) is 4.38. The van der Waals surface area contributed by atoms with Gasteiger partial charge in [-0.05, 0) is 44.1 Å². The highest BCUT2D eigenvalue weighted by Crippen LogP contribution is 2.49. The molecule has 2 N–H and O–H groups in total. The van der Waals surface area contributed by atoms with Crippen molar-refractivity contribution in [2.24, 2.45) is 11.1 Å². The Bertz CT molecular complexity index is 274. The minimum atomic E-state index is 0.270. The van der Waals surface area contributed by atoms with Crippen LogP contribution in [0.3, 0.4) is 0 Å². The van der Waals surface area contributed by atoms with Crippen LogP contribution in [0.15, 0.2) is 0 Å². The molecule has 0 radical (unpaired) electrons. The predicted octanol–water partition coefficient (Wildman–Crippen LogP) is 3.55. The van der Waals surface area contributed by atoms with E-state index in [2.05, 4.69) is 25.7 Å². The molecular weight excluding hydrogens is 220 g/mol. The van der Waals surface area contributed by atoms with E-state index >= 15 is 0 Å². The Balaban J connectivity index is 2.29. The van der Waals surface area contributed by atoms with E-state index in [0.29, 0.717) is 5.41 Å². The molecule has 2 nitrogen and oxygen atoms in total. The van der Waals surface area contributed by atoms with Gasteiger partial charge < -0.3 is 5.73 Å². The smallest absolute Gasteiger partial charge is 0.0385 e. The fourth-order valence-electron chi connectivity index (χ4n) is 4.57. The Morgan fingerprint density at radius 1 is 1.11 bits per heavy atom. The lowest BCUT2D eigenvalue weighted by atomic mass is 9.61. The average Bonchev–Trinajstić information content (AvgIpc) is 2.39. The van der Waals surface area contributed by atoms with Crippen molar-refractivity contribution in [3.05, 3.63) is 0 Å². The van der Waals surface area contributed by atoms with Crippen LogP contribution in [0.1, 0.15) is 72.1 Å². The Hall–Kier alpha value is -0.0800. The van der Waals surface area contributed by atoms with Gasteiger partial charge in [-0.2, -0.15) is 0 Å². The van der Waals surface area contributed by atoms with Gasteiger partial charge in [-0.25, -0.2) is 0 Å². The summed E-state index contributed by atoms with van der Waals surface area (Å²) in [6.45, 7) is 9.39. The van der Waals surface area contributed by atoms with Gasteiger partial charge in [-0.1, -0.05) is 40.0 Å². The molecule has 0 aromatic rings. The number of nitrogens with two attached hydrogens (primary N) is 1. The monoisotopic (exact) mass is 252 g/mol. The molecule has 2 fully saturated rings. The van der Waals surface area contributed by atoms with Crippen LogP contribution in [0.25, 0.3) is 0 Å². The van der Waals surface area contributed by atoms with Gasteiger partial charge in [0.15, 0.2) is 0 Å². The largest absolute Gasteiger partial charge is 0.329 e. The van der Waals surface area contributed by atoms with Gasteiger partial charge in [0, 0.05) is 18.1 Å². The van der Waals surface area contributed by atoms with Crippen LogP contribution in [0.2, 0.25) is 0 Å². The third kappa shape index (κ3) is 2.22. The summed E-state index contributed by atoms with van der Waals surface area (Å²) in [6.07, 6.45) is 10.9. The van der Waals surface area contributed by atoms with Crippen LogP contribution in [0, 0.1) is 5.41 Å². The van der Waals surface area contributed by atoms with Gasteiger partial charge in [0.25, 0.3) is 0 Å². The fourth-order valence-corrected chi connectivity index (χ4v) is 4.57. The van der Waals surface area contributed by atoms with Crippen molar-refractivity contribution in [1.82, 2.24) is 4.90 Å². The Morgan fingerprint density at radius 3 is 2.44 bits per heavy atom. The van der Waals surface area contributed by atoms with Crippen LogP contribution in [-0.2, 0) is 0 Å². The number of hydrogen-bond acceptors (Lipinski definition) is 2. The van der Waals surface area contributed by atoms with Gasteiger partial charge in [-0.15, -0.1) is 0 Å². The Labute approximate surface area is 113 Å². The summed E-state index contributed by atoms with van der Waals surface area (Å²) >= 11 is 0. The molecule has 2 aliphatic rings. The number of likely N-dealkylation sites (tertiary alicyclic amines) is 1. The third-order valence-electron chi connectivity index (χ3n) is 5.89. The van der Waals surface area contributed by atoms with Gasteiger partial charge in [0.2, 0.25) is 0 Å². The lowest BCUT2D eigenvalue weighted by Gasteiger charge is -2.59. The zero-order valence-corrected chi connectivity index (χ0v) is 12.7. The maximum absolute atomic E-state index is 6.32. The second-order valence-electron chi connectivity index (χ2n) is 7.08. The van der Waals surface area contributed by atoms with Crippen molar-refractivity contribution < 1.29 is 0 Å². The summed E-state index contributed by atoms with van der Waals surface area (Å²) in [6, 6.07) is 0.777. The summed E-state index contributed by atoms with van der Waals surface area (Å²) in [5, 5.41) is 0. The average molecular weight is 252 g/mol. The molecule has 1 saturated heterocycles. The first-order valence-electron chi connectivity index (χ1n) is 8.04. The van der Waals surface area contributed by atoms with Crippen molar-refractivity contribution in [2.75, 3.05) is 13.1 Å². The predicted molar refractivity (Wildman–Crippen MR) is 78.7 cm³/mol. The first-order chi connectivity index (χ1) is 8.57. The molecule has 0 aromatic heterocycles. The SMILES string of the molecule is CCC1CCCCN1C1(CN)CCCCC1(C)C. The van der Waals surface area contributed by atoms with Crippen molar-refractivity contribution in [3.8, 4) is 0 Å². The maximum atomic E-state index is 6.32. The molecular formula is C16H32N2. The number of hydrogen-bond donors (Lipinski definition) is 1. The number of nitrogens with zero attached hydrogens (tertiary/aromatic N) is 1. The summed E-state index contributed by atoms with van der Waals surface area (Å²) in [7, 11) is 0. The quantitative estimate of drug-likeness (QED) is 0.832. The van der Waals surface area contributed by atoms with Gasteiger partial charge in [0.05, 0.1) is 0 Å². The zero-order chi connectivity index (χ0) is 13.2. The normalized spacial score (nSPS) is 37.7. The first kappa shape index (κ1) is 14.3. The van der Waals surface area contributed by atoms with E-state index in [1.54, 1.807) is 0 Å². The molecule has 2 heteroatoms. The van der Waals surface area contributed by atoms with E-state index < -0.39 is 0 Å². The van der Waals surface area contributed by atoms with Crippen molar-refractivity contribution in [3.63, 3.8) is 0 Å².